The van der Waals surface area contributed by atoms with Gasteiger partial charge in [0.15, 0.2) is 0 Å². The zero-order valence-corrected chi connectivity index (χ0v) is 14.4. The van der Waals surface area contributed by atoms with Gasteiger partial charge in [-0.1, -0.05) is 54.2 Å². The van der Waals surface area contributed by atoms with Crippen LogP contribution in [0.5, 0.6) is 0 Å². The van der Waals surface area contributed by atoms with E-state index in [0.29, 0.717) is 21.3 Å². The number of hydrogen-bond donors (Lipinski definition) is 0. The first-order valence-electron chi connectivity index (χ1n) is 7.20. The first-order valence-corrected chi connectivity index (χ1v) is 7.98. The molecule has 23 heavy (non-hydrogen) atoms. The summed E-state index contributed by atoms with van der Waals surface area (Å²) in [6.45, 7) is 3.75. The predicted molar refractivity (Wildman–Crippen MR) is 97.3 cm³/mol. The fourth-order valence-corrected chi connectivity index (χ4v) is 3.26. The SMILES string of the molecule is CC1(C)N=C(c2cccc(Cl)c2)C(=S)N1C(=O)c1ccccc1. The molecule has 0 aromatic heterocycles. The van der Waals surface area contributed by atoms with Gasteiger partial charge in [0, 0.05) is 16.1 Å². The standard InChI is InChI=1S/C18H15ClN2OS/c1-18(2)20-15(13-9-6-10-14(19)11-13)17(23)21(18)16(22)12-7-4-3-5-8-12/h3-11H,1-2H3. The van der Waals surface area contributed by atoms with Crippen molar-refractivity contribution in [3.05, 3.63) is 70.7 Å². The molecule has 0 unspecified atom stereocenters. The average Bonchev–Trinajstić information content (AvgIpc) is 2.77. The molecule has 1 amide bonds. The Morgan fingerprint density at radius 1 is 1.13 bits per heavy atom. The maximum absolute atomic E-state index is 12.9. The fourth-order valence-electron chi connectivity index (χ4n) is 2.60. The summed E-state index contributed by atoms with van der Waals surface area (Å²) in [5, 5.41) is 0.610. The first kappa shape index (κ1) is 15.8. The van der Waals surface area contributed by atoms with E-state index >= 15 is 0 Å². The van der Waals surface area contributed by atoms with Crippen LogP contribution in [0.4, 0.5) is 0 Å². The average molecular weight is 343 g/mol. The number of hydrogen-bond acceptors (Lipinski definition) is 3. The number of benzene rings is 2. The monoisotopic (exact) mass is 342 g/mol. The summed E-state index contributed by atoms with van der Waals surface area (Å²) in [6, 6.07) is 16.4. The molecule has 0 atom stereocenters. The Labute approximate surface area is 145 Å². The van der Waals surface area contributed by atoms with Crippen molar-refractivity contribution in [3.63, 3.8) is 0 Å². The van der Waals surface area contributed by atoms with Crippen LogP contribution in [0, 0.1) is 0 Å². The lowest BCUT2D eigenvalue weighted by Gasteiger charge is -2.29. The van der Waals surface area contributed by atoms with Gasteiger partial charge < -0.3 is 0 Å². The molecule has 0 N–H and O–H groups in total. The largest absolute Gasteiger partial charge is 0.272 e. The number of amides is 1. The minimum absolute atomic E-state index is 0.152. The van der Waals surface area contributed by atoms with Crippen LogP contribution in [0.2, 0.25) is 5.02 Å². The summed E-state index contributed by atoms with van der Waals surface area (Å²) in [5.41, 5.74) is 1.29. The van der Waals surface area contributed by atoms with Gasteiger partial charge in [0.25, 0.3) is 5.91 Å². The number of aliphatic imine (C=N–C) groups is 1. The molecule has 1 heterocycles. The van der Waals surface area contributed by atoms with Crippen LogP contribution in [0.15, 0.2) is 59.6 Å². The third-order valence-corrected chi connectivity index (χ3v) is 4.27. The van der Waals surface area contributed by atoms with Crippen LogP contribution in [0.25, 0.3) is 0 Å². The first-order chi connectivity index (χ1) is 10.9. The Kier molecular flexibility index (Phi) is 4.04. The highest BCUT2D eigenvalue weighted by Crippen LogP contribution is 2.29. The molecular formula is C18H15ClN2OS. The predicted octanol–water partition coefficient (Wildman–Crippen LogP) is 4.35. The number of carbonyl (C=O) groups is 1. The zero-order chi connectivity index (χ0) is 16.6. The van der Waals surface area contributed by atoms with Crippen LogP contribution in [0.3, 0.4) is 0 Å². The van der Waals surface area contributed by atoms with Gasteiger partial charge in [-0.25, -0.2) is 0 Å². The molecule has 0 saturated heterocycles. The second-order valence-corrected chi connectivity index (χ2v) is 6.60. The molecule has 3 nitrogen and oxygen atoms in total. The van der Waals surface area contributed by atoms with Crippen molar-refractivity contribution in [2.45, 2.75) is 19.5 Å². The molecular weight excluding hydrogens is 328 g/mol. The maximum atomic E-state index is 12.9. The molecule has 0 aliphatic carbocycles. The highest BCUT2D eigenvalue weighted by atomic mass is 35.5. The Morgan fingerprint density at radius 3 is 2.48 bits per heavy atom. The summed E-state index contributed by atoms with van der Waals surface area (Å²) in [6.07, 6.45) is 0. The van der Waals surface area contributed by atoms with Gasteiger partial charge in [0.05, 0.1) is 0 Å². The second-order valence-electron chi connectivity index (χ2n) is 5.78. The summed E-state index contributed by atoms with van der Waals surface area (Å²) < 4.78 is 0. The van der Waals surface area contributed by atoms with Crippen molar-refractivity contribution in [2.24, 2.45) is 4.99 Å². The molecule has 0 spiro atoms. The van der Waals surface area contributed by atoms with Crippen molar-refractivity contribution < 1.29 is 4.79 Å². The van der Waals surface area contributed by atoms with E-state index in [4.69, 9.17) is 23.8 Å². The summed E-state index contributed by atoms with van der Waals surface area (Å²) in [7, 11) is 0. The van der Waals surface area contributed by atoms with E-state index in [2.05, 4.69) is 4.99 Å². The number of nitrogens with zero attached hydrogens (tertiary/aromatic N) is 2. The van der Waals surface area contributed by atoms with Crippen LogP contribution >= 0.6 is 23.8 Å². The van der Waals surface area contributed by atoms with Crippen LogP contribution < -0.4 is 0 Å². The highest BCUT2D eigenvalue weighted by Gasteiger charge is 2.42. The van der Waals surface area contributed by atoms with Crippen molar-refractivity contribution >= 4 is 40.4 Å². The molecule has 2 aromatic rings. The lowest BCUT2D eigenvalue weighted by Crippen LogP contribution is -2.46. The van der Waals surface area contributed by atoms with Gasteiger partial charge in [-0.3, -0.25) is 14.7 Å². The number of thiocarbonyl (C=S) groups is 1. The molecule has 5 heteroatoms. The Bertz CT molecular complexity index is 815. The van der Waals surface area contributed by atoms with E-state index in [-0.39, 0.29) is 5.91 Å². The molecule has 1 aliphatic heterocycles. The number of halogens is 1. The van der Waals surface area contributed by atoms with Crippen LogP contribution in [0.1, 0.15) is 29.8 Å². The fraction of sp³-hybridized carbons (Fsp3) is 0.167. The summed E-state index contributed by atoms with van der Waals surface area (Å²) >= 11 is 11.6. The molecule has 0 bridgehead atoms. The van der Waals surface area contributed by atoms with E-state index in [0.717, 1.165) is 5.56 Å². The minimum atomic E-state index is -0.734. The molecule has 2 aromatic carbocycles. The Morgan fingerprint density at radius 2 is 1.83 bits per heavy atom. The van der Waals surface area contributed by atoms with Gasteiger partial charge in [-0.2, -0.15) is 0 Å². The zero-order valence-electron chi connectivity index (χ0n) is 12.8. The van der Waals surface area contributed by atoms with Gasteiger partial charge in [-0.05, 0) is 38.1 Å². The van der Waals surface area contributed by atoms with Gasteiger partial charge >= 0.3 is 0 Å². The lowest BCUT2D eigenvalue weighted by molar-refractivity contribution is 0.0758. The third kappa shape index (κ3) is 2.92. The molecule has 1 aliphatic rings. The van der Waals surface area contributed by atoms with E-state index in [1.807, 2.05) is 44.2 Å². The van der Waals surface area contributed by atoms with Crippen molar-refractivity contribution in [3.8, 4) is 0 Å². The van der Waals surface area contributed by atoms with Crippen LogP contribution in [-0.2, 0) is 0 Å². The van der Waals surface area contributed by atoms with E-state index < -0.39 is 5.66 Å². The van der Waals surface area contributed by atoms with Gasteiger partial charge in [-0.15, -0.1) is 0 Å². The summed E-state index contributed by atoms with van der Waals surface area (Å²) in [5.74, 6) is -0.152. The highest BCUT2D eigenvalue weighted by molar-refractivity contribution is 7.82. The quantitative estimate of drug-likeness (QED) is 0.760. The van der Waals surface area contributed by atoms with Gasteiger partial charge in [0.2, 0.25) is 0 Å². The van der Waals surface area contributed by atoms with E-state index in [9.17, 15) is 4.79 Å². The van der Waals surface area contributed by atoms with Crippen molar-refractivity contribution in [2.75, 3.05) is 0 Å². The maximum Gasteiger partial charge on any atom is 0.260 e. The van der Waals surface area contributed by atoms with Crippen molar-refractivity contribution in [1.82, 2.24) is 4.90 Å². The third-order valence-electron chi connectivity index (χ3n) is 3.66. The van der Waals surface area contributed by atoms with E-state index in [1.54, 1.807) is 29.2 Å². The van der Waals surface area contributed by atoms with Crippen molar-refractivity contribution in [1.29, 1.82) is 0 Å². The second kappa shape index (κ2) is 5.87. The lowest BCUT2D eigenvalue weighted by atomic mass is 10.1. The van der Waals surface area contributed by atoms with Crippen LogP contribution in [-0.4, -0.2) is 27.2 Å². The molecule has 3 rings (SSSR count). The molecule has 116 valence electrons. The van der Waals surface area contributed by atoms with E-state index in [1.165, 1.54) is 0 Å². The molecule has 0 radical (unpaired) electrons. The molecule has 0 saturated carbocycles. The Balaban J connectivity index is 2.00. The molecule has 0 fully saturated rings. The van der Waals surface area contributed by atoms with Gasteiger partial charge in [0.1, 0.15) is 16.4 Å². The summed E-state index contributed by atoms with van der Waals surface area (Å²) in [4.78, 5) is 19.5. The topological polar surface area (TPSA) is 32.7 Å². The number of carbonyl (C=O) groups excluding carboxylic acids is 1. The minimum Gasteiger partial charge on any atom is -0.272 e. The Hall–Kier alpha value is -2.04. The smallest absolute Gasteiger partial charge is 0.260 e. The number of rotatable bonds is 2. The normalized spacial score (nSPS) is 16.4.